The predicted octanol–water partition coefficient (Wildman–Crippen LogP) is 4.26. The van der Waals surface area contributed by atoms with Gasteiger partial charge in [0, 0.05) is 29.9 Å². The molecule has 10 heteroatoms. The molecule has 8 nitrogen and oxygen atoms in total. The number of nitrogens with one attached hydrogen (secondary N) is 1. The molecule has 0 saturated carbocycles. The molecule has 2 aromatic carbocycles. The number of rotatable bonds is 9. The summed E-state index contributed by atoms with van der Waals surface area (Å²) in [6.07, 6.45) is 3.27. The molecule has 3 aromatic rings. The zero-order valence-corrected chi connectivity index (χ0v) is 21.3. The topological polar surface area (TPSA) is 81.4 Å². The van der Waals surface area contributed by atoms with Crippen molar-refractivity contribution in [2.45, 2.75) is 52.3 Å². The van der Waals surface area contributed by atoms with Crippen LogP contribution in [0.4, 0.5) is 16.0 Å². The summed E-state index contributed by atoms with van der Waals surface area (Å²) in [5.41, 5.74) is 0.0158. The highest BCUT2D eigenvalue weighted by atomic mass is 35.5. The van der Waals surface area contributed by atoms with Crippen LogP contribution in [0.25, 0.3) is 0 Å². The number of hydrogen-bond acceptors (Lipinski definition) is 6. The van der Waals surface area contributed by atoms with Gasteiger partial charge >= 0.3 is 11.4 Å². The normalized spacial score (nSPS) is 14.2. The van der Waals surface area contributed by atoms with E-state index in [1.807, 2.05) is 13.8 Å². The highest BCUT2D eigenvalue weighted by Gasteiger charge is 2.17. The van der Waals surface area contributed by atoms with Gasteiger partial charge in [-0.05, 0) is 69.6 Å². The van der Waals surface area contributed by atoms with Crippen molar-refractivity contribution in [3.05, 3.63) is 79.8 Å². The molecule has 192 valence electrons. The van der Waals surface area contributed by atoms with E-state index in [0.29, 0.717) is 17.3 Å². The fraction of sp³-hybridized carbons (Fsp3) is 0.423. The Hall–Kier alpha value is -3.17. The number of halogens is 2. The van der Waals surface area contributed by atoms with E-state index < -0.39 is 17.2 Å². The molecule has 1 saturated heterocycles. The number of aromatic nitrogens is 3. The van der Waals surface area contributed by atoms with Crippen LogP contribution in [0.1, 0.15) is 38.7 Å². The Morgan fingerprint density at radius 3 is 2.42 bits per heavy atom. The lowest BCUT2D eigenvalue weighted by Gasteiger charge is -2.26. The summed E-state index contributed by atoms with van der Waals surface area (Å²) in [7, 11) is 0. The molecule has 1 aliphatic rings. The maximum absolute atomic E-state index is 14.6. The molecule has 0 aliphatic carbocycles. The van der Waals surface area contributed by atoms with Gasteiger partial charge in [-0.1, -0.05) is 30.2 Å². The maximum Gasteiger partial charge on any atom is 0.354 e. The highest BCUT2D eigenvalue weighted by Crippen LogP contribution is 2.24. The zero-order valence-electron chi connectivity index (χ0n) is 20.5. The van der Waals surface area contributed by atoms with Crippen LogP contribution in [-0.2, 0) is 13.1 Å². The second kappa shape index (κ2) is 11.7. The van der Waals surface area contributed by atoms with Crippen molar-refractivity contribution in [3.63, 3.8) is 0 Å². The van der Waals surface area contributed by atoms with E-state index in [2.05, 4.69) is 15.2 Å². The van der Waals surface area contributed by atoms with E-state index in [-0.39, 0.29) is 30.9 Å². The van der Waals surface area contributed by atoms with Crippen LogP contribution in [0.15, 0.2) is 52.1 Å². The van der Waals surface area contributed by atoms with Gasteiger partial charge in [0.05, 0.1) is 12.6 Å². The number of likely N-dealkylation sites (tertiary alicyclic amines) is 1. The standard InChI is InChI=1S/C26H31ClFN5O3/c1-18(2)36-23-11-10-21(16-22(23)28)29-24-30-25(34)32(15-14-31-12-4-3-5-13-31)26(35)33(24)17-19-6-8-20(27)9-7-19/h6-11,16,18H,3-5,12-15,17H2,1-2H3,(H,29,30,34). The number of hydrogen-bond donors (Lipinski definition) is 1. The molecular formula is C26H31ClFN5O3. The van der Waals surface area contributed by atoms with Gasteiger partial charge < -0.3 is 15.0 Å². The molecule has 1 aromatic heterocycles. The minimum Gasteiger partial charge on any atom is -0.488 e. The molecule has 1 fully saturated rings. The Kier molecular flexibility index (Phi) is 8.43. The molecule has 0 spiro atoms. The Bertz CT molecular complexity index is 1300. The number of ether oxygens (including phenoxy) is 1. The van der Waals surface area contributed by atoms with Crippen LogP contribution in [0.3, 0.4) is 0 Å². The van der Waals surface area contributed by atoms with Gasteiger partial charge in [-0.3, -0.25) is 4.57 Å². The largest absolute Gasteiger partial charge is 0.488 e. The van der Waals surface area contributed by atoms with Crippen molar-refractivity contribution in [2.24, 2.45) is 0 Å². The number of nitrogens with zero attached hydrogens (tertiary/aromatic N) is 4. The number of anilines is 2. The molecule has 2 heterocycles. The molecule has 4 rings (SSSR count). The maximum atomic E-state index is 14.6. The molecular weight excluding hydrogens is 485 g/mol. The Morgan fingerprint density at radius 1 is 1.03 bits per heavy atom. The summed E-state index contributed by atoms with van der Waals surface area (Å²) in [4.78, 5) is 32.8. The van der Waals surface area contributed by atoms with Crippen LogP contribution in [0, 0.1) is 5.82 Å². The highest BCUT2D eigenvalue weighted by molar-refractivity contribution is 6.30. The molecule has 0 radical (unpaired) electrons. The van der Waals surface area contributed by atoms with Crippen LogP contribution < -0.4 is 21.4 Å². The minimum absolute atomic E-state index is 0.0334. The summed E-state index contributed by atoms with van der Waals surface area (Å²) in [6, 6.07) is 11.4. The molecule has 0 atom stereocenters. The van der Waals surface area contributed by atoms with Gasteiger partial charge in [0.2, 0.25) is 5.95 Å². The van der Waals surface area contributed by atoms with Crippen molar-refractivity contribution >= 4 is 23.2 Å². The van der Waals surface area contributed by atoms with E-state index in [0.717, 1.165) is 36.1 Å². The fourth-order valence-corrected chi connectivity index (χ4v) is 4.34. The van der Waals surface area contributed by atoms with Gasteiger partial charge in [0.25, 0.3) is 0 Å². The first-order valence-electron chi connectivity index (χ1n) is 12.2. The van der Waals surface area contributed by atoms with Crippen LogP contribution in [0.2, 0.25) is 5.02 Å². The first kappa shape index (κ1) is 25.9. The van der Waals surface area contributed by atoms with Crippen molar-refractivity contribution in [3.8, 4) is 5.75 Å². The van der Waals surface area contributed by atoms with Crippen LogP contribution >= 0.6 is 11.6 Å². The lowest BCUT2D eigenvalue weighted by atomic mass is 10.1. The zero-order chi connectivity index (χ0) is 25.7. The first-order chi connectivity index (χ1) is 17.3. The third-order valence-corrected chi connectivity index (χ3v) is 6.30. The summed E-state index contributed by atoms with van der Waals surface area (Å²) in [5, 5.41) is 3.52. The van der Waals surface area contributed by atoms with Crippen molar-refractivity contribution in [2.75, 3.05) is 25.0 Å². The smallest absolute Gasteiger partial charge is 0.354 e. The lowest BCUT2D eigenvalue weighted by molar-refractivity contribution is 0.218. The Labute approximate surface area is 214 Å². The summed E-state index contributed by atoms with van der Waals surface area (Å²) < 4.78 is 22.6. The molecule has 0 amide bonds. The quantitative estimate of drug-likeness (QED) is 0.458. The molecule has 1 aliphatic heterocycles. The van der Waals surface area contributed by atoms with Gasteiger partial charge in [0.1, 0.15) is 0 Å². The van der Waals surface area contributed by atoms with Gasteiger partial charge in [-0.25, -0.2) is 18.5 Å². The van der Waals surface area contributed by atoms with Gasteiger partial charge in [0.15, 0.2) is 11.6 Å². The summed E-state index contributed by atoms with van der Waals surface area (Å²) in [6.45, 7) is 6.56. The van der Waals surface area contributed by atoms with Gasteiger partial charge in [-0.15, -0.1) is 0 Å². The third-order valence-electron chi connectivity index (χ3n) is 6.04. The van der Waals surface area contributed by atoms with Crippen molar-refractivity contribution in [1.29, 1.82) is 0 Å². The average Bonchev–Trinajstić information content (AvgIpc) is 2.85. The minimum atomic E-state index is -0.646. The number of benzene rings is 2. The second-order valence-electron chi connectivity index (χ2n) is 9.20. The van der Waals surface area contributed by atoms with E-state index in [1.165, 1.54) is 23.1 Å². The number of piperidine rings is 1. The van der Waals surface area contributed by atoms with Crippen LogP contribution in [0.5, 0.6) is 5.75 Å². The predicted molar refractivity (Wildman–Crippen MR) is 139 cm³/mol. The third kappa shape index (κ3) is 6.53. The summed E-state index contributed by atoms with van der Waals surface area (Å²) in [5.74, 6) is -0.406. The fourth-order valence-electron chi connectivity index (χ4n) is 4.21. The second-order valence-corrected chi connectivity index (χ2v) is 9.64. The average molecular weight is 516 g/mol. The molecule has 36 heavy (non-hydrogen) atoms. The monoisotopic (exact) mass is 515 g/mol. The van der Waals surface area contributed by atoms with Crippen molar-refractivity contribution in [1.82, 2.24) is 19.0 Å². The van der Waals surface area contributed by atoms with E-state index in [9.17, 15) is 14.0 Å². The van der Waals surface area contributed by atoms with Crippen LogP contribution in [-0.4, -0.2) is 44.8 Å². The van der Waals surface area contributed by atoms with E-state index in [1.54, 1.807) is 30.3 Å². The SMILES string of the molecule is CC(C)Oc1ccc(Nc2nc(=O)n(CCN3CCCCC3)c(=O)n2Cc2ccc(Cl)cc2)cc1F. The lowest BCUT2D eigenvalue weighted by Crippen LogP contribution is -2.45. The summed E-state index contributed by atoms with van der Waals surface area (Å²) >= 11 is 6.02. The molecule has 0 unspecified atom stereocenters. The van der Waals surface area contributed by atoms with Crippen molar-refractivity contribution < 1.29 is 9.13 Å². The first-order valence-corrected chi connectivity index (χ1v) is 12.6. The molecule has 0 bridgehead atoms. The molecule has 1 N–H and O–H groups in total. The van der Waals surface area contributed by atoms with Gasteiger partial charge in [-0.2, -0.15) is 4.98 Å². The Balaban J connectivity index is 1.66. The van der Waals surface area contributed by atoms with E-state index in [4.69, 9.17) is 16.3 Å². The van der Waals surface area contributed by atoms with E-state index >= 15 is 0 Å². The Morgan fingerprint density at radius 2 is 1.75 bits per heavy atom.